The fraction of sp³-hybridized carbons (Fsp3) is 0.417. The van der Waals surface area contributed by atoms with Crippen LogP contribution in [0.25, 0.3) is 0 Å². The third-order valence-electron chi connectivity index (χ3n) is 2.80. The highest BCUT2D eigenvalue weighted by atomic mass is 16.4. The summed E-state index contributed by atoms with van der Waals surface area (Å²) in [6.45, 7) is 3.75. The van der Waals surface area contributed by atoms with Gasteiger partial charge in [0.25, 0.3) is 0 Å². The SMILES string of the molecule is Cc1cnc(C)c(NC2C=CC(C(=O)O)C2)n1. The van der Waals surface area contributed by atoms with Crippen LogP contribution in [0.4, 0.5) is 5.82 Å². The Morgan fingerprint density at radius 3 is 2.88 bits per heavy atom. The van der Waals surface area contributed by atoms with Crippen molar-refractivity contribution in [1.82, 2.24) is 9.97 Å². The molecular weight excluding hydrogens is 218 g/mol. The first kappa shape index (κ1) is 11.6. The smallest absolute Gasteiger partial charge is 0.310 e. The van der Waals surface area contributed by atoms with E-state index in [1.807, 2.05) is 19.9 Å². The Hall–Kier alpha value is -1.91. The van der Waals surface area contributed by atoms with E-state index in [0.717, 1.165) is 17.2 Å². The first-order chi connectivity index (χ1) is 8.06. The van der Waals surface area contributed by atoms with Crippen molar-refractivity contribution in [3.05, 3.63) is 29.7 Å². The van der Waals surface area contributed by atoms with Gasteiger partial charge in [0.05, 0.1) is 17.3 Å². The molecule has 5 nitrogen and oxygen atoms in total. The monoisotopic (exact) mass is 233 g/mol. The van der Waals surface area contributed by atoms with Crippen LogP contribution in [0.5, 0.6) is 0 Å². The van der Waals surface area contributed by atoms with Crippen LogP contribution >= 0.6 is 0 Å². The molecule has 0 saturated carbocycles. The van der Waals surface area contributed by atoms with E-state index in [4.69, 9.17) is 5.11 Å². The molecule has 17 heavy (non-hydrogen) atoms. The van der Waals surface area contributed by atoms with Crippen molar-refractivity contribution in [2.45, 2.75) is 26.3 Å². The zero-order valence-electron chi connectivity index (χ0n) is 9.84. The first-order valence-corrected chi connectivity index (χ1v) is 5.54. The van der Waals surface area contributed by atoms with Crippen LogP contribution in [-0.2, 0) is 4.79 Å². The van der Waals surface area contributed by atoms with Crippen molar-refractivity contribution in [3.63, 3.8) is 0 Å². The fourth-order valence-corrected chi connectivity index (χ4v) is 1.84. The Balaban J connectivity index is 2.06. The van der Waals surface area contributed by atoms with E-state index < -0.39 is 11.9 Å². The minimum atomic E-state index is -0.780. The van der Waals surface area contributed by atoms with E-state index >= 15 is 0 Å². The molecular formula is C12H15N3O2. The number of carbonyl (C=O) groups is 1. The third-order valence-corrected chi connectivity index (χ3v) is 2.80. The molecule has 0 spiro atoms. The number of nitrogens with zero attached hydrogens (tertiary/aromatic N) is 2. The second kappa shape index (κ2) is 4.53. The van der Waals surface area contributed by atoms with Gasteiger partial charge in [0.15, 0.2) is 0 Å². The predicted octanol–water partition coefficient (Wildman–Crippen LogP) is 1.53. The highest BCUT2D eigenvalue weighted by molar-refractivity contribution is 5.73. The second-order valence-electron chi connectivity index (χ2n) is 4.26. The summed E-state index contributed by atoms with van der Waals surface area (Å²) >= 11 is 0. The van der Waals surface area contributed by atoms with Gasteiger partial charge in [-0.2, -0.15) is 0 Å². The van der Waals surface area contributed by atoms with Crippen LogP contribution in [0.1, 0.15) is 17.8 Å². The molecule has 1 aromatic rings. The summed E-state index contributed by atoms with van der Waals surface area (Å²) in [5, 5.41) is 12.1. The molecule has 2 atom stereocenters. The van der Waals surface area contributed by atoms with Gasteiger partial charge in [-0.3, -0.25) is 9.78 Å². The Morgan fingerprint density at radius 2 is 2.24 bits per heavy atom. The highest BCUT2D eigenvalue weighted by Gasteiger charge is 2.24. The Morgan fingerprint density at radius 1 is 1.47 bits per heavy atom. The Bertz CT molecular complexity index is 471. The minimum absolute atomic E-state index is 0.0194. The molecule has 0 amide bonds. The van der Waals surface area contributed by atoms with Crippen LogP contribution in [0.15, 0.2) is 18.3 Å². The number of hydrogen-bond donors (Lipinski definition) is 2. The molecule has 1 aliphatic carbocycles. The Kier molecular flexibility index (Phi) is 3.08. The summed E-state index contributed by atoms with van der Waals surface area (Å²) in [5.74, 6) is -0.450. The lowest BCUT2D eigenvalue weighted by Gasteiger charge is -2.14. The van der Waals surface area contributed by atoms with Crippen molar-refractivity contribution in [2.75, 3.05) is 5.32 Å². The average Bonchev–Trinajstić information content (AvgIpc) is 2.72. The number of aromatic nitrogens is 2. The van der Waals surface area contributed by atoms with Gasteiger partial charge in [0, 0.05) is 12.2 Å². The number of aliphatic carboxylic acids is 1. The van der Waals surface area contributed by atoms with Gasteiger partial charge in [-0.15, -0.1) is 0 Å². The number of carboxylic acid groups (broad SMARTS) is 1. The van der Waals surface area contributed by atoms with Gasteiger partial charge in [-0.05, 0) is 20.3 Å². The minimum Gasteiger partial charge on any atom is -0.481 e. The summed E-state index contributed by atoms with van der Waals surface area (Å²) < 4.78 is 0. The number of aryl methyl sites for hydroxylation is 2. The van der Waals surface area contributed by atoms with Crippen molar-refractivity contribution < 1.29 is 9.90 Å². The molecule has 0 saturated heterocycles. The van der Waals surface area contributed by atoms with Crippen LogP contribution in [0.3, 0.4) is 0 Å². The molecule has 2 rings (SSSR count). The van der Waals surface area contributed by atoms with Crippen molar-refractivity contribution in [2.24, 2.45) is 5.92 Å². The van der Waals surface area contributed by atoms with Crippen LogP contribution in [0, 0.1) is 19.8 Å². The fourth-order valence-electron chi connectivity index (χ4n) is 1.84. The molecule has 0 bridgehead atoms. The second-order valence-corrected chi connectivity index (χ2v) is 4.26. The number of anilines is 1. The molecule has 0 fully saturated rings. The predicted molar refractivity (Wildman–Crippen MR) is 63.8 cm³/mol. The van der Waals surface area contributed by atoms with E-state index in [9.17, 15) is 4.79 Å². The summed E-state index contributed by atoms with van der Waals surface area (Å²) in [6.07, 6.45) is 5.87. The molecule has 90 valence electrons. The molecule has 0 aromatic carbocycles. The molecule has 1 aromatic heterocycles. The van der Waals surface area contributed by atoms with Gasteiger partial charge >= 0.3 is 5.97 Å². The molecule has 2 N–H and O–H groups in total. The van der Waals surface area contributed by atoms with E-state index in [-0.39, 0.29) is 6.04 Å². The molecule has 2 unspecified atom stereocenters. The lowest BCUT2D eigenvalue weighted by molar-refractivity contribution is -0.140. The quantitative estimate of drug-likeness (QED) is 0.774. The standard InChI is InChI=1S/C12H15N3O2/c1-7-6-13-8(2)11(14-7)15-10-4-3-9(5-10)12(16)17/h3-4,6,9-10H,5H2,1-2H3,(H,14,15)(H,16,17). The molecule has 0 aliphatic heterocycles. The van der Waals surface area contributed by atoms with Crippen molar-refractivity contribution >= 4 is 11.8 Å². The number of hydrogen-bond acceptors (Lipinski definition) is 4. The maximum atomic E-state index is 10.8. The van der Waals surface area contributed by atoms with E-state index in [0.29, 0.717) is 6.42 Å². The van der Waals surface area contributed by atoms with Crippen molar-refractivity contribution in [1.29, 1.82) is 0 Å². The van der Waals surface area contributed by atoms with Gasteiger partial charge in [0.2, 0.25) is 0 Å². The lowest BCUT2D eigenvalue weighted by Crippen LogP contribution is -2.20. The maximum Gasteiger partial charge on any atom is 0.310 e. The van der Waals surface area contributed by atoms with Crippen LogP contribution < -0.4 is 5.32 Å². The van der Waals surface area contributed by atoms with E-state index in [1.165, 1.54) is 0 Å². The normalized spacial score (nSPS) is 22.7. The number of carboxylic acids is 1. The van der Waals surface area contributed by atoms with Gasteiger partial charge in [-0.25, -0.2) is 4.98 Å². The largest absolute Gasteiger partial charge is 0.481 e. The average molecular weight is 233 g/mol. The third kappa shape index (κ3) is 2.61. The van der Waals surface area contributed by atoms with Crippen LogP contribution in [0.2, 0.25) is 0 Å². The number of rotatable bonds is 3. The molecule has 0 radical (unpaired) electrons. The highest BCUT2D eigenvalue weighted by Crippen LogP contribution is 2.21. The van der Waals surface area contributed by atoms with E-state index in [1.54, 1.807) is 12.3 Å². The molecule has 5 heteroatoms. The van der Waals surface area contributed by atoms with Gasteiger partial charge < -0.3 is 10.4 Å². The van der Waals surface area contributed by atoms with E-state index in [2.05, 4.69) is 15.3 Å². The topological polar surface area (TPSA) is 75.1 Å². The van der Waals surface area contributed by atoms with Gasteiger partial charge in [0.1, 0.15) is 5.82 Å². The summed E-state index contributed by atoms with van der Waals surface area (Å²) in [6, 6.07) is 0.0194. The maximum absolute atomic E-state index is 10.8. The molecule has 1 heterocycles. The number of nitrogens with one attached hydrogen (secondary N) is 1. The summed E-state index contributed by atoms with van der Waals surface area (Å²) in [5.41, 5.74) is 1.66. The van der Waals surface area contributed by atoms with Crippen LogP contribution in [-0.4, -0.2) is 27.1 Å². The Labute approximate surface area is 99.6 Å². The first-order valence-electron chi connectivity index (χ1n) is 5.54. The van der Waals surface area contributed by atoms with Crippen molar-refractivity contribution in [3.8, 4) is 0 Å². The summed E-state index contributed by atoms with van der Waals surface area (Å²) in [4.78, 5) is 19.4. The lowest BCUT2D eigenvalue weighted by atomic mass is 10.1. The van der Waals surface area contributed by atoms with Gasteiger partial charge in [-0.1, -0.05) is 12.2 Å². The zero-order valence-corrected chi connectivity index (χ0v) is 9.84. The molecule has 1 aliphatic rings. The summed E-state index contributed by atoms with van der Waals surface area (Å²) in [7, 11) is 0. The zero-order chi connectivity index (χ0) is 12.4.